The molecule has 0 amide bonds. The summed E-state index contributed by atoms with van der Waals surface area (Å²) in [7, 11) is 0. The predicted octanol–water partition coefficient (Wildman–Crippen LogP) is 5.92. The molecule has 0 bridgehead atoms. The maximum atomic E-state index is 4.84. The monoisotopic (exact) mass is 367 g/mol. The average Bonchev–Trinajstić information content (AvgIpc) is 3.30. The van der Waals surface area contributed by atoms with Gasteiger partial charge in [-0.2, -0.15) is 0 Å². The van der Waals surface area contributed by atoms with Gasteiger partial charge in [-0.1, -0.05) is 49.4 Å². The van der Waals surface area contributed by atoms with Crippen LogP contribution in [0.25, 0.3) is 0 Å². The van der Waals surface area contributed by atoms with Gasteiger partial charge in [0.2, 0.25) is 0 Å². The number of aromatic nitrogens is 1. The van der Waals surface area contributed by atoms with E-state index in [2.05, 4.69) is 68.4 Å². The molecule has 0 N–H and O–H groups in total. The Balaban J connectivity index is 1.53. The maximum absolute atomic E-state index is 4.84. The van der Waals surface area contributed by atoms with Crippen LogP contribution in [0.5, 0.6) is 0 Å². The average molecular weight is 368 g/mol. The number of hydrogen-bond donors (Lipinski definition) is 0. The molecule has 3 aromatic rings. The van der Waals surface area contributed by atoms with Crippen LogP contribution in [0, 0.1) is 6.92 Å². The van der Waals surface area contributed by atoms with Crippen molar-refractivity contribution in [3.63, 3.8) is 0 Å². The molecule has 0 unspecified atom stereocenters. The summed E-state index contributed by atoms with van der Waals surface area (Å²) in [5.74, 6) is 0. The van der Waals surface area contributed by atoms with Crippen molar-refractivity contribution in [3.8, 4) is 0 Å². The Morgan fingerprint density at radius 2 is 1.46 bits per heavy atom. The minimum absolute atomic E-state index is 0.255. The van der Waals surface area contributed by atoms with E-state index in [4.69, 9.17) is 4.98 Å². The molecule has 1 spiro atoms. The molecule has 1 atom stereocenters. The van der Waals surface area contributed by atoms with Crippen molar-refractivity contribution in [2.75, 3.05) is 0 Å². The highest BCUT2D eigenvalue weighted by molar-refractivity contribution is 5.58. The number of hydrogen-bond acceptors (Lipinski definition) is 1. The Bertz CT molecular complexity index is 1030. The molecular formula is C27H29N. The molecule has 142 valence electrons. The summed E-state index contributed by atoms with van der Waals surface area (Å²) in [5, 5.41) is 0. The lowest BCUT2D eigenvalue weighted by Crippen LogP contribution is -2.24. The van der Waals surface area contributed by atoms with Gasteiger partial charge in [0, 0.05) is 16.8 Å². The molecule has 0 aliphatic heterocycles. The van der Waals surface area contributed by atoms with Crippen LogP contribution in [0.2, 0.25) is 0 Å². The molecule has 1 nitrogen and oxygen atoms in total. The first-order valence-electron chi connectivity index (χ1n) is 10.9. The first-order chi connectivity index (χ1) is 13.7. The smallest absolute Gasteiger partial charge is 0.0410 e. The third kappa shape index (κ3) is 2.71. The quantitative estimate of drug-likeness (QED) is 0.558. The van der Waals surface area contributed by atoms with E-state index in [-0.39, 0.29) is 5.41 Å². The van der Waals surface area contributed by atoms with Crippen molar-refractivity contribution in [3.05, 3.63) is 99.4 Å². The van der Waals surface area contributed by atoms with E-state index in [0.717, 1.165) is 19.3 Å². The third-order valence-corrected chi connectivity index (χ3v) is 7.07. The molecule has 0 saturated heterocycles. The van der Waals surface area contributed by atoms with Crippen LogP contribution in [0.4, 0.5) is 0 Å². The summed E-state index contributed by atoms with van der Waals surface area (Å²) >= 11 is 0. The largest absolute Gasteiger partial charge is 0.258 e. The second-order valence-corrected chi connectivity index (χ2v) is 8.62. The Labute approximate surface area is 168 Å². The number of pyridine rings is 1. The zero-order valence-corrected chi connectivity index (χ0v) is 17.1. The zero-order valence-electron chi connectivity index (χ0n) is 17.1. The van der Waals surface area contributed by atoms with E-state index in [1.807, 2.05) is 0 Å². The number of benzene rings is 2. The van der Waals surface area contributed by atoms with E-state index in [1.54, 1.807) is 27.8 Å². The van der Waals surface area contributed by atoms with E-state index in [1.165, 1.54) is 42.6 Å². The van der Waals surface area contributed by atoms with Crippen LogP contribution >= 0.6 is 0 Å². The van der Waals surface area contributed by atoms with Gasteiger partial charge in [-0.05, 0) is 97.4 Å². The Kier molecular flexibility index (Phi) is 4.34. The number of rotatable bonds is 4. The number of aryl methyl sites for hydroxylation is 6. The maximum Gasteiger partial charge on any atom is 0.0410 e. The van der Waals surface area contributed by atoms with Gasteiger partial charge in [0.15, 0.2) is 0 Å². The first-order valence-corrected chi connectivity index (χ1v) is 10.9. The molecule has 0 radical (unpaired) electrons. The highest BCUT2D eigenvalue weighted by Crippen LogP contribution is 2.54. The van der Waals surface area contributed by atoms with Crippen LogP contribution in [0.1, 0.15) is 64.5 Å². The van der Waals surface area contributed by atoms with Gasteiger partial charge in [-0.25, -0.2) is 0 Å². The fourth-order valence-corrected chi connectivity index (χ4v) is 5.88. The van der Waals surface area contributed by atoms with Crippen molar-refractivity contribution in [1.29, 1.82) is 0 Å². The fourth-order valence-electron chi connectivity index (χ4n) is 5.88. The van der Waals surface area contributed by atoms with Crippen LogP contribution < -0.4 is 0 Å². The van der Waals surface area contributed by atoms with Gasteiger partial charge in [-0.15, -0.1) is 0 Å². The van der Waals surface area contributed by atoms with Crippen molar-refractivity contribution >= 4 is 0 Å². The van der Waals surface area contributed by atoms with Crippen molar-refractivity contribution < 1.29 is 0 Å². The van der Waals surface area contributed by atoms with Gasteiger partial charge in [0.25, 0.3) is 0 Å². The standard InChI is InChI=1S/C27H29N/c1-3-23-11-6-12-24(28-23)14-13-20-9-5-10-22-16-18-27(26(20)22)17-15-21-8-4-7-19(2)25(21)27/h4-12H,3,13-18H2,1-2H3/t27-/m1/s1. The van der Waals surface area contributed by atoms with Gasteiger partial charge in [0.05, 0.1) is 0 Å². The third-order valence-electron chi connectivity index (χ3n) is 7.07. The molecule has 0 saturated carbocycles. The normalized spacial score (nSPS) is 19.8. The Morgan fingerprint density at radius 1 is 0.786 bits per heavy atom. The number of fused-ring (bicyclic) bond motifs is 4. The second-order valence-electron chi connectivity index (χ2n) is 8.62. The summed E-state index contributed by atoms with van der Waals surface area (Å²) < 4.78 is 0. The van der Waals surface area contributed by atoms with Crippen LogP contribution in [-0.4, -0.2) is 4.98 Å². The van der Waals surface area contributed by atoms with Gasteiger partial charge in [0.1, 0.15) is 0 Å². The summed E-state index contributed by atoms with van der Waals surface area (Å²) in [4.78, 5) is 4.84. The molecule has 1 heterocycles. The van der Waals surface area contributed by atoms with Crippen LogP contribution in [-0.2, 0) is 37.5 Å². The summed E-state index contributed by atoms with van der Waals surface area (Å²) in [5.41, 5.74) is 12.2. The van der Waals surface area contributed by atoms with E-state index in [9.17, 15) is 0 Å². The lowest BCUT2D eigenvalue weighted by Gasteiger charge is -2.30. The summed E-state index contributed by atoms with van der Waals surface area (Å²) in [6.07, 6.45) is 8.13. The molecule has 0 fully saturated rings. The lowest BCUT2D eigenvalue weighted by molar-refractivity contribution is 0.501. The molecule has 5 rings (SSSR count). The Morgan fingerprint density at radius 3 is 2.25 bits per heavy atom. The molecule has 2 aromatic carbocycles. The molecule has 28 heavy (non-hydrogen) atoms. The van der Waals surface area contributed by atoms with E-state index < -0.39 is 0 Å². The Hall–Kier alpha value is -2.41. The topological polar surface area (TPSA) is 12.9 Å². The molecular weight excluding hydrogens is 338 g/mol. The zero-order chi connectivity index (χ0) is 19.1. The SMILES string of the molecule is CCc1cccc(CCc2cccc3c2[C@]2(CCc4cccc(C)c42)CC3)n1. The highest BCUT2D eigenvalue weighted by atomic mass is 14.7. The summed E-state index contributed by atoms with van der Waals surface area (Å²) in [6, 6.07) is 20.4. The molecule has 1 aromatic heterocycles. The van der Waals surface area contributed by atoms with E-state index >= 15 is 0 Å². The van der Waals surface area contributed by atoms with E-state index in [0.29, 0.717) is 0 Å². The lowest BCUT2D eigenvalue weighted by atomic mass is 9.73. The number of nitrogens with zero attached hydrogens (tertiary/aromatic N) is 1. The first kappa shape index (κ1) is 17.7. The van der Waals surface area contributed by atoms with Gasteiger partial charge < -0.3 is 0 Å². The summed E-state index contributed by atoms with van der Waals surface area (Å²) in [6.45, 7) is 4.49. The molecule has 2 aliphatic rings. The van der Waals surface area contributed by atoms with Crippen molar-refractivity contribution in [1.82, 2.24) is 4.98 Å². The highest BCUT2D eigenvalue weighted by Gasteiger charge is 2.46. The minimum atomic E-state index is 0.255. The minimum Gasteiger partial charge on any atom is -0.258 e. The van der Waals surface area contributed by atoms with Crippen molar-refractivity contribution in [2.24, 2.45) is 0 Å². The predicted molar refractivity (Wildman–Crippen MR) is 116 cm³/mol. The van der Waals surface area contributed by atoms with Crippen LogP contribution in [0.15, 0.2) is 54.6 Å². The van der Waals surface area contributed by atoms with Crippen LogP contribution in [0.3, 0.4) is 0 Å². The van der Waals surface area contributed by atoms with Gasteiger partial charge >= 0.3 is 0 Å². The fraction of sp³-hybridized carbons (Fsp3) is 0.370. The van der Waals surface area contributed by atoms with Crippen molar-refractivity contribution in [2.45, 2.75) is 64.2 Å². The molecule has 2 aliphatic carbocycles. The second kappa shape index (κ2) is 6.88. The van der Waals surface area contributed by atoms with Gasteiger partial charge in [-0.3, -0.25) is 4.98 Å². The molecule has 1 heteroatoms.